The van der Waals surface area contributed by atoms with Crippen LogP contribution in [0.3, 0.4) is 0 Å². The summed E-state index contributed by atoms with van der Waals surface area (Å²) in [5.74, 6) is 2.42. The summed E-state index contributed by atoms with van der Waals surface area (Å²) in [5, 5.41) is 46.4. The number of nitrogens with zero attached hydrogens (tertiary/aromatic N) is 21. The van der Waals surface area contributed by atoms with Gasteiger partial charge in [-0.25, -0.2) is 14.0 Å². The second-order valence-electron chi connectivity index (χ2n) is 24.6. The zero-order valence-electron chi connectivity index (χ0n) is 54.3. The minimum Gasteiger partial charge on any atom is -0.307 e. The fourth-order valence-electron chi connectivity index (χ4n) is 12.6. The Balaban J connectivity index is 0.000000128. The molecule has 0 saturated carbocycles. The number of hydrogen-bond donors (Lipinski definition) is 0. The van der Waals surface area contributed by atoms with E-state index in [1.165, 1.54) is 5.69 Å². The Morgan fingerprint density at radius 1 is 0.362 bits per heavy atom. The van der Waals surface area contributed by atoms with E-state index in [-0.39, 0.29) is 0 Å². The highest BCUT2D eigenvalue weighted by molar-refractivity contribution is 6.39. The molecule has 486 valence electrons. The van der Waals surface area contributed by atoms with Crippen molar-refractivity contribution in [3.63, 3.8) is 0 Å². The molecule has 0 bridgehead atoms. The molecule has 94 heavy (non-hydrogen) atoms. The summed E-state index contributed by atoms with van der Waals surface area (Å²) >= 11 is 20.9. The molecule has 12 aromatic rings. The van der Waals surface area contributed by atoms with E-state index >= 15 is 0 Å². The first-order valence-electron chi connectivity index (χ1n) is 32.5. The first kappa shape index (κ1) is 64.5. The molecule has 0 N–H and O–H groups in total. The van der Waals surface area contributed by atoms with Crippen LogP contribution < -0.4 is 0 Å². The first-order chi connectivity index (χ1) is 45.9. The summed E-state index contributed by atoms with van der Waals surface area (Å²) in [6.07, 6.45) is 6.91. The van der Waals surface area contributed by atoms with Gasteiger partial charge in [-0.1, -0.05) is 133 Å². The molecule has 3 aromatic carbocycles. The number of rotatable bonds is 16. The van der Waals surface area contributed by atoms with Gasteiger partial charge >= 0.3 is 0 Å². The number of aryl methyl sites for hydroxylation is 3. The highest BCUT2D eigenvalue weighted by Crippen LogP contribution is 2.39. The van der Waals surface area contributed by atoms with Crippen LogP contribution in [0.2, 0.25) is 15.1 Å². The molecule has 0 atom stereocenters. The van der Waals surface area contributed by atoms with Crippen molar-refractivity contribution in [1.82, 2.24) is 103 Å². The summed E-state index contributed by atoms with van der Waals surface area (Å²) in [6, 6.07) is 42.2. The van der Waals surface area contributed by atoms with Gasteiger partial charge in [0.05, 0.1) is 50.9 Å². The lowest BCUT2D eigenvalue weighted by molar-refractivity contribution is 0.149. The molecule has 3 saturated heterocycles. The number of aromatic nitrogens is 15. The van der Waals surface area contributed by atoms with Crippen molar-refractivity contribution in [3.05, 3.63) is 178 Å². The Labute approximate surface area is 563 Å². The minimum atomic E-state index is 0.584. The molecule has 12 heterocycles. The monoisotopic (exact) mass is 1320 g/mol. The lowest BCUT2D eigenvalue weighted by atomic mass is 10.1. The van der Waals surface area contributed by atoms with Crippen molar-refractivity contribution < 1.29 is 0 Å². The third-order valence-electron chi connectivity index (χ3n) is 18.3. The minimum absolute atomic E-state index is 0.584. The average molecular weight is 1320 g/mol. The van der Waals surface area contributed by atoms with Gasteiger partial charge in [-0.05, 0) is 77.8 Å². The third kappa shape index (κ3) is 13.8. The molecule has 0 spiro atoms. The molecule has 3 aliphatic heterocycles. The van der Waals surface area contributed by atoms with Crippen LogP contribution in [0, 0.1) is 13.8 Å². The Bertz CT molecular complexity index is 4460. The van der Waals surface area contributed by atoms with Crippen LogP contribution in [0.4, 0.5) is 0 Å². The Kier molecular flexibility index (Phi) is 20.0. The van der Waals surface area contributed by atoms with E-state index in [4.69, 9.17) is 50.1 Å². The molecule has 0 radical (unpaired) electrons. The van der Waals surface area contributed by atoms with Gasteiger partial charge in [0.1, 0.15) is 17.1 Å². The van der Waals surface area contributed by atoms with Crippen molar-refractivity contribution in [2.75, 3.05) is 119 Å². The molecule has 9 aromatic heterocycles. The number of likely N-dealkylation sites (N-methyl/N-ethyl adjacent to an activating group) is 3. The van der Waals surface area contributed by atoms with E-state index in [9.17, 15) is 0 Å². The van der Waals surface area contributed by atoms with E-state index in [1.54, 1.807) is 0 Å². The molecule has 0 amide bonds. The van der Waals surface area contributed by atoms with E-state index < -0.39 is 0 Å². The van der Waals surface area contributed by atoms with Crippen molar-refractivity contribution in [3.8, 4) is 51.2 Å². The fourth-order valence-corrected chi connectivity index (χ4v) is 13.6. The molecule has 0 aliphatic carbocycles. The number of piperazine rings is 3. The average Bonchev–Trinajstić information content (AvgIpc) is 1.60. The molecule has 24 heteroatoms. The van der Waals surface area contributed by atoms with Crippen molar-refractivity contribution in [2.45, 2.75) is 46.8 Å². The molecule has 15 rings (SSSR count). The fraction of sp³-hybridized carbons (Fsp3) is 0.357. The largest absolute Gasteiger partial charge is 0.307 e. The highest BCUT2D eigenvalue weighted by atomic mass is 35.5. The van der Waals surface area contributed by atoms with Gasteiger partial charge in [0.25, 0.3) is 0 Å². The number of halogens is 3. The van der Waals surface area contributed by atoms with E-state index in [2.05, 4.69) is 135 Å². The third-order valence-corrected chi connectivity index (χ3v) is 19.4. The summed E-state index contributed by atoms with van der Waals surface area (Å²) in [4.78, 5) is 14.5. The predicted octanol–water partition coefficient (Wildman–Crippen LogP) is 10.7. The number of fused-ring (bicyclic) bond motifs is 3. The lowest BCUT2D eigenvalue weighted by Crippen LogP contribution is -2.45. The van der Waals surface area contributed by atoms with Crippen molar-refractivity contribution >= 4 is 67.9 Å². The Hall–Kier alpha value is -8.22. The summed E-state index contributed by atoms with van der Waals surface area (Å²) in [7, 11) is 6.52. The predicted molar refractivity (Wildman–Crippen MR) is 376 cm³/mol. The van der Waals surface area contributed by atoms with E-state index in [0.29, 0.717) is 32.1 Å². The maximum atomic E-state index is 7.00. The Morgan fingerprint density at radius 2 is 0.713 bits per heavy atom. The van der Waals surface area contributed by atoms with Gasteiger partial charge in [0, 0.05) is 151 Å². The number of hydrogen-bond acceptors (Lipinski definition) is 15. The number of benzene rings is 3. The molecular formula is C70H80Cl3N21. The van der Waals surface area contributed by atoms with Crippen LogP contribution in [0.15, 0.2) is 146 Å². The second kappa shape index (κ2) is 29.2. The Morgan fingerprint density at radius 3 is 1.10 bits per heavy atom. The molecule has 3 fully saturated rings. The summed E-state index contributed by atoms with van der Waals surface area (Å²) in [5.41, 5.74) is 10.5. The molecule has 21 nitrogen and oxygen atoms in total. The van der Waals surface area contributed by atoms with Crippen molar-refractivity contribution in [1.29, 1.82) is 0 Å². The van der Waals surface area contributed by atoms with Crippen LogP contribution in [-0.4, -0.2) is 222 Å². The standard InChI is InChI=1S/2C24H28ClN7.C22H24ClN7/c1-17-9-10-18(2)32(17)24-20-21(25)22(19-7-5-4-6-8-19)26-27-23(20)31(28-24)16-15-30-13-11-29(3)12-14-30;1-3-19-10-7-11-31(19)24-20-21(25)22(18-8-5-4-6-9-18)26-27-23(20)32(28-24)17-16-30-14-12-29(2)13-15-30;1-27-11-13-28(14-12-27)15-16-30-21-18(22(26-30)29-9-5-6-10-29)19(23)20(24-25-21)17-7-3-2-4-8-17/h4-10H,11-16H2,1-3H3;4-11H,3,12-17H2,1-2H3;2-10H,11-16H2,1H3. The van der Waals surface area contributed by atoms with Gasteiger partial charge in [-0.15, -0.1) is 30.6 Å². The normalized spacial score (nSPS) is 15.7. The topological polar surface area (TPSA) is 165 Å². The van der Waals surface area contributed by atoms with Crippen LogP contribution in [-0.2, 0) is 26.1 Å². The molecule has 0 unspecified atom stereocenters. The zero-order chi connectivity index (χ0) is 64.8. The van der Waals surface area contributed by atoms with Gasteiger partial charge < -0.3 is 28.4 Å². The van der Waals surface area contributed by atoms with Crippen LogP contribution in [0.5, 0.6) is 0 Å². The van der Waals surface area contributed by atoms with Crippen molar-refractivity contribution in [2.24, 2.45) is 0 Å². The quantitative estimate of drug-likeness (QED) is 0.0896. The summed E-state index contributed by atoms with van der Waals surface area (Å²) < 4.78 is 12.1. The molecular weight excluding hydrogens is 1240 g/mol. The highest BCUT2D eigenvalue weighted by Gasteiger charge is 2.27. The van der Waals surface area contributed by atoms with Gasteiger partial charge in [-0.3, -0.25) is 14.7 Å². The van der Waals surface area contributed by atoms with Gasteiger partial charge in [-0.2, -0.15) is 15.3 Å². The van der Waals surface area contributed by atoms with E-state index in [1.807, 2.05) is 140 Å². The maximum Gasteiger partial charge on any atom is 0.184 e. The van der Waals surface area contributed by atoms with Gasteiger partial charge in [0.2, 0.25) is 0 Å². The molecule has 3 aliphatic rings. The first-order valence-corrected chi connectivity index (χ1v) is 33.6. The van der Waals surface area contributed by atoms with Crippen LogP contribution in [0.1, 0.15) is 24.0 Å². The summed E-state index contributed by atoms with van der Waals surface area (Å²) in [6.45, 7) is 24.4. The zero-order valence-corrected chi connectivity index (χ0v) is 56.6. The SMILES string of the molecule is CCc1cccn1-c1nn(CCN2CCN(C)CC2)c2nnc(-c3ccccc3)c(Cl)c12.CN1CCN(CCn2nc(-n3cccc3)c3c(Cl)c(-c4ccccc4)nnc32)CC1.Cc1ccc(C)n1-c1nn(CCN2CCN(C)CC2)c2nnc(-c3ccccc3)c(Cl)c12. The maximum absolute atomic E-state index is 7.00. The second-order valence-corrected chi connectivity index (χ2v) is 25.8. The van der Waals surface area contributed by atoms with Gasteiger partial charge in [0.15, 0.2) is 34.4 Å². The van der Waals surface area contributed by atoms with Crippen LogP contribution >= 0.6 is 34.8 Å². The van der Waals surface area contributed by atoms with Crippen LogP contribution in [0.25, 0.3) is 84.3 Å². The van der Waals surface area contributed by atoms with E-state index in [0.717, 1.165) is 203 Å². The smallest absolute Gasteiger partial charge is 0.184 e. The lowest BCUT2D eigenvalue weighted by Gasteiger charge is -2.32.